The highest BCUT2D eigenvalue weighted by atomic mass is 127. The fraction of sp³-hybridized carbons (Fsp3) is 0.462. The third-order valence-electron chi connectivity index (χ3n) is 2.11. The van der Waals surface area contributed by atoms with Crippen LogP contribution in [0.4, 0.5) is 0 Å². The van der Waals surface area contributed by atoms with Crippen LogP contribution in [0.1, 0.15) is 15.9 Å². The monoisotopic (exact) mass is 444 g/mol. The summed E-state index contributed by atoms with van der Waals surface area (Å²) in [6, 6.07) is 6.57. The van der Waals surface area contributed by atoms with Gasteiger partial charge >= 0.3 is 0 Å². The number of carbonyl (C=O) groups excluding carboxylic acids is 1. The first kappa shape index (κ1) is 21.1. The molecule has 1 rings (SSSR count). The minimum Gasteiger partial charge on any atom is -1.00 e. The van der Waals surface area contributed by atoms with Crippen molar-refractivity contribution >= 4 is 21.9 Å². The Labute approximate surface area is 140 Å². The molecule has 1 aromatic rings. The number of hydrogen-bond donors (Lipinski definition) is 1. The molecule has 19 heavy (non-hydrogen) atoms. The number of aromatic carboxylic acids is 1. The molecule has 1 N–H and O–H groups in total. The molecular weight excluding hydrogens is 425 g/mol. The quantitative estimate of drug-likeness (QED) is 0.321. The Hall–Kier alpha value is -0.180. The fourth-order valence-corrected chi connectivity index (χ4v) is 1.40. The van der Waals surface area contributed by atoms with E-state index in [9.17, 15) is 9.90 Å². The van der Waals surface area contributed by atoms with Gasteiger partial charge in [-0.3, -0.25) is 0 Å². The van der Waals surface area contributed by atoms with E-state index >= 15 is 0 Å². The molecule has 0 saturated heterocycles. The van der Waals surface area contributed by atoms with E-state index < -0.39 is 5.97 Å². The van der Waals surface area contributed by atoms with Gasteiger partial charge in [0.1, 0.15) is 6.54 Å². The summed E-state index contributed by atoms with van der Waals surface area (Å²) >= 11 is 3.26. The van der Waals surface area contributed by atoms with Crippen LogP contribution in [0, 0.1) is 0 Å². The van der Waals surface area contributed by atoms with Crippen LogP contribution in [0.2, 0.25) is 0 Å². The van der Waals surface area contributed by atoms with Gasteiger partial charge in [0.25, 0.3) is 0 Å². The van der Waals surface area contributed by atoms with E-state index in [2.05, 4.69) is 37.1 Å². The van der Waals surface area contributed by atoms with Crippen molar-refractivity contribution in [1.29, 1.82) is 0 Å². The van der Waals surface area contributed by atoms with Crippen molar-refractivity contribution in [3.63, 3.8) is 0 Å². The number of aliphatic hydroxyl groups is 1. The molecule has 0 heterocycles. The summed E-state index contributed by atoms with van der Waals surface area (Å²) in [5.41, 5.74) is 1.27. The molecule has 0 amide bonds. The predicted molar refractivity (Wildman–Crippen MR) is 73.4 cm³/mol. The van der Waals surface area contributed by atoms with E-state index in [4.69, 9.17) is 5.11 Å². The number of carbonyl (C=O) groups is 1. The van der Waals surface area contributed by atoms with Crippen molar-refractivity contribution in [3.8, 4) is 0 Å². The summed E-state index contributed by atoms with van der Waals surface area (Å²) in [7, 11) is 6.16. The maximum absolute atomic E-state index is 10.3. The predicted octanol–water partition coefficient (Wildman–Crippen LogP) is -2.37. The van der Waals surface area contributed by atoms with Crippen molar-refractivity contribution in [2.45, 2.75) is 5.33 Å². The molecule has 0 unspecified atom stereocenters. The summed E-state index contributed by atoms with van der Waals surface area (Å²) in [5, 5.41) is 19.4. The Kier molecular flexibility index (Phi) is 11.8. The third kappa shape index (κ3) is 11.4. The first-order chi connectivity index (χ1) is 8.30. The van der Waals surface area contributed by atoms with E-state index in [0.717, 1.165) is 21.9 Å². The Balaban J connectivity index is 0. The zero-order chi connectivity index (χ0) is 14.2. The summed E-state index contributed by atoms with van der Waals surface area (Å²) in [4.78, 5) is 10.3. The lowest BCUT2D eigenvalue weighted by Gasteiger charge is -2.21. The van der Waals surface area contributed by atoms with Gasteiger partial charge < -0.3 is 43.5 Å². The largest absolute Gasteiger partial charge is 1.00 e. The number of carboxylic acids is 1. The molecule has 0 fully saturated rings. The number of carboxylic acid groups (broad SMARTS) is 1. The standard InChI is InChI=1S/C8H7BrO2.C5H14NO.HI/c9-5-6-1-3-7(4-2-6)8(10)11;1-6(2,3)4-5-7;/h1-4H,5H2,(H,10,11);7H,4-5H2,1-3H3;1H/q;+1;/p-2. The number of rotatable bonds is 4. The molecule has 0 atom stereocenters. The Morgan fingerprint density at radius 1 is 1.26 bits per heavy atom. The van der Waals surface area contributed by atoms with E-state index in [-0.39, 0.29) is 36.1 Å². The van der Waals surface area contributed by atoms with E-state index in [1.165, 1.54) is 12.1 Å². The molecule has 4 nitrogen and oxygen atoms in total. The van der Waals surface area contributed by atoms with E-state index in [0.29, 0.717) is 0 Å². The molecular formula is C13H20BrINO3-. The number of likely N-dealkylation sites (N-methyl/N-ethyl adjacent to an activating group) is 1. The molecule has 1 aromatic carbocycles. The van der Waals surface area contributed by atoms with E-state index in [1.807, 2.05) is 0 Å². The van der Waals surface area contributed by atoms with Gasteiger partial charge in [-0.25, -0.2) is 0 Å². The summed E-state index contributed by atoms with van der Waals surface area (Å²) in [5.74, 6) is -1.13. The Morgan fingerprint density at radius 2 is 1.74 bits per heavy atom. The van der Waals surface area contributed by atoms with Gasteiger partial charge in [0, 0.05) is 5.33 Å². The van der Waals surface area contributed by atoms with Crippen LogP contribution >= 0.6 is 15.9 Å². The van der Waals surface area contributed by atoms with Gasteiger partial charge in [0.15, 0.2) is 0 Å². The molecule has 0 bridgehead atoms. The van der Waals surface area contributed by atoms with Gasteiger partial charge in [-0.2, -0.15) is 0 Å². The number of alkyl halides is 1. The lowest BCUT2D eigenvalue weighted by Crippen LogP contribution is -3.00. The molecule has 0 radical (unpaired) electrons. The second-order valence-corrected chi connectivity index (χ2v) is 5.42. The van der Waals surface area contributed by atoms with Crippen molar-refractivity contribution in [2.24, 2.45) is 0 Å². The number of aliphatic hydroxyl groups excluding tert-OH is 1. The highest BCUT2D eigenvalue weighted by Gasteiger charge is 2.02. The first-order valence-electron chi connectivity index (χ1n) is 5.57. The fourth-order valence-electron chi connectivity index (χ4n) is 1.03. The molecule has 0 aliphatic carbocycles. The van der Waals surface area contributed by atoms with Crippen LogP contribution in [-0.4, -0.2) is 49.9 Å². The minimum atomic E-state index is -1.13. The lowest BCUT2D eigenvalue weighted by molar-refractivity contribution is -0.870. The number of hydrogen-bond acceptors (Lipinski definition) is 3. The van der Waals surface area contributed by atoms with Gasteiger partial charge in [-0.05, 0) is 11.1 Å². The number of nitrogens with zero attached hydrogens (tertiary/aromatic N) is 1. The molecule has 0 aliphatic rings. The highest BCUT2D eigenvalue weighted by molar-refractivity contribution is 9.08. The average Bonchev–Trinajstić information content (AvgIpc) is 2.28. The van der Waals surface area contributed by atoms with E-state index in [1.54, 1.807) is 12.1 Å². The zero-order valence-corrected chi connectivity index (χ0v) is 15.1. The summed E-state index contributed by atoms with van der Waals surface area (Å²) < 4.78 is 0.844. The van der Waals surface area contributed by atoms with Crippen LogP contribution in [0.25, 0.3) is 0 Å². The maximum atomic E-state index is 10.3. The van der Waals surface area contributed by atoms with Crippen molar-refractivity contribution in [3.05, 3.63) is 35.4 Å². The SMILES string of the molecule is C[N+](C)(C)CCO.O=C([O-])c1ccc(CBr)cc1.[I-]. The molecule has 0 aromatic heterocycles. The van der Waals surface area contributed by atoms with Gasteiger partial charge in [0.2, 0.25) is 0 Å². The second-order valence-electron chi connectivity index (χ2n) is 4.86. The Morgan fingerprint density at radius 3 is 1.95 bits per heavy atom. The normalized spacial score (nSPS) is 9.95. The Bertz CT molecular complexity index is 363. The third-order valence-corrected chi connectivity index (χ3v) is 2.76. The zero-order valence-electron chi connectivity index (χ0n) is 11.4. The van der Waals surface area contributed by atoms with Crippen LogP contribution in [0.3, 0.4) is 0 Å². The average molecular weight is 445 g/mol. The second kappa shape index (κ2) is 10.6. The molecule has 0 aliphatic heterocycles. The molecule has 0 spiro atoms. The number of quaternary nitrogens is 1. The summed E-state index contributed by atoms with van der Waals surface area (Å²) in [6.07, 6.45) is 0. The summed E-state index contributed by atoms with van der Waals surface area (Å²) in [6.45, 7) is 1.11. The van der Waals surface area contributed by atoms with Crippen molar-refractivity contribution < 1.29 is 43.5 Å². The van der Waals surface area contributed by atoms with Crippen LogP contribution in [0.15, 0.2) is 24.3 Å². The van der Waals surface area contributed by atoms with Crippen molar-refractivity contribution in [1.82, 2.24) is 0 Å². The van der Waals surface area contributed by atoms with Gasteiger partial charge in [0.05, 0.1) is 33.7 Å². The van der Waals surface area contributed by atoms with Gasteiger partial charge in [-0.1, -0.05) is 40.2 Å². The lowest BCUT2D eigenvalue weighted by atomic mass is 10.2. The van der Waals surface area contributed by atoms with Crippen LogP contribution < -0.4 is 29.1 Å². The minimum absolute atomic E-state index is 0. The number of halogens is 2. The first-order valence-corrected chi connectivity index (χ1v) is 6.70. The topological polar surface area (TPSA) is 60.4 Å². The molecule has 6 heteroatoms. The number of benzene rings is 1. The maximum Gasteiger partial charge on any atom is 0.101 e. The molecule has 0 saturated carbocycles. The smallest absolute Gasteiger partial charge is 0.101 e. The van der Waals surface area contributed by atoms with Gasteiger partial charge in [-0.15, -0.1) is 0 Å². The molecule has 110 valence electrons. The van der Waals surface area contributed by atoms with Crippen molar-refractivity contribution in [2.75, 3.05) is 34.3 Å². The van der Waals surface area contributed by atoms with Crippen LogP contribution in [0.5, 0.6) is 0 Å². The van der Waals surface area contributed by atoms with Crippen LogP contribution in [-0.2, 0) is 5.33 Å². The highest BCUT2D eigenvalue weighted by Crippen LogP contribution is 2.06.